The summed E-state index contributed by atoms with van der Waals surface area (Å²) < 4.78 is 19.4. The van der Waals surface area contributed by atoms with Crippen molar-refractivity contribution in [2.45, 2.75) is 0 Å². The first-order valence-electron chi connectivity index (χ1n) is 5.72. The highest BCUT2D eigenvalue weighted by Crippen LogP contribution is 2.35. The molecule has 0 bridgehead atoms. The second-order valence-corrected chi connectivity index (χ2v) is 4.87. The van der Waals surface area contributed by atoms with Crippen LogP contribution in [0.25, 0.3) is 22.3 Å². The van der Waals surface area contributed by atoms with Gasteiger partial charge in [-0.05, 0) is 24.3 Å². The van der Waals surface area contributed by atoms with Gasteiger partial charge in [0.15, 0.2) is 18.0 Å². The van der Waals surface area contributed by atoms with Gasteiger partial charge in [0, 0.05) is 10.9 Å². The second kappa shape index (κ2) is 5.30. The molecule has 0 saturated carbocycles. The van der Waals surface area contributed by atoms with E-state index in [0.717, 1.165) is 9.65 Å². The summed E-state index contributed by atoms with van der Waals surface area (Å²) in [6.45, 7) is 0. The minimum absolute atomic E-state index is 0.0205. The number of ether oxygens (including phenoxy) is 1. The summed E-state index contributed by atoms with van der Waals surface area (Å²) in [7, 11) is 1.58. The van der Waals surface area contributed by atoms with Crippen LogP contribution in [-0.4, -0.2) is 21.3 Å². The zero-order valence-corrected chi connectivity index (χ0v) is 12.0. The summed E-state index contributed by atoms with van der Waals surface area (Å²) in [5.74, 6) is 0.665. The number of hydrogen-bond donors (Lipinski definition) is 0. The molecule has 102 valence electrons. The molecule has 0 aliphatic rings. The first-order chi connectivity index (χ1) is 9.74. The van der Waals surface area contributed by atoms with Gasteiger partial charge in [-0.15, -0.1) is 3.89 Å². The third-order valence-electron chi connectivity index (χ3n) is 2.90. The average molecular weight is 310 g/mol. The van der Waals surface area contributed by atoms with Crippen LogP contribution in [0.2, 0.25) is 5.15 Å². The Morgan fingerprint density at radius 2 is 2.05 bits per heavy atom. The summed E-state index contributed by atoms with van der Waals surface area (Å²) >= 11 is 5.83. The quantitative estimate of drug-likeness (QED) is 0.682. The lowest BCUT2D eigenvalue weighted by molar-refractivity contribution is 0.416. The maximum atomic E-state index is 13.0. The van der Waals surface area contributed by atoms with Gasteiger partial charge in [-0.25, -0.2) is 4.98 Å². The van der Waals surface area contributed by atoms with Gasteiger partial charge < -0.3 is 4.74 Å². The first-order valence-corrected chi connectivity index (χ1v) is 6.77. The van der Waals surface area contributed by atoms with Gasteiger partial charge in [0.2, 0.25) is 0 Å². The molecule has 3 aromatic rings. The molecule has 0 fully saturated rings. The Hall–Kier alpha value is -1.79. The number of fused-ring (bicyclic) bond motifs is 1. The number of para-hydroxylation sites is 1. The summed E-state index contributed by atoms with van der Waals surface area (Å²) in [5, 5.41) is 5.23. The maximum Gasteiger partial charge on any atom is 0.189 e. The summed E-state index contributed by atoms with van der Waals surface area (Å²) in [4.78, 5) is 4.11. The Morgan fingerprint density at radius 3 is 2.80 bits per heavy atom. The number of methoxy groups -OCH3 is 1. The first kappa shape index (κ1) is 13.2. The van der Waals surface area contributed by atoms with Crippen molar-refractivity contribution >= 4 is 35.0 Å². The molecule has 0 radical (unpaired) electrons. The lowest BCUT2D eigenvalue weighted by Crippen LogP contribution is -1.90. The molecular formula is C13H9ClFN3OS. The van der Waals surface area contributed by atoms with Crippen LogP contribution in [0.4, 0.5) is 3.89 Å². The third kappa shape index (κ3) is 2.10. The molecule has 2 aromatic heterocycles. The largest absolute Gasteiger partial charge is 0.496 e. The molecule has 2 heterocycles. The second-order valence-electron chi connectivity index (χ2n) is 4.00. The Morgan fingerprint density at radius 1 is 1.25 bits per heavy atom. The molecule has 0 unspecified atom stereocenters. The average Bonchev–Trinajstić information content (AvgIpc) is 2.84. The van der Waals surface area contributed by atoms with Crippen molar-refractivity contribution in [1.29, 1.82) is 0 Å². The Kier molecular flexibility index (Phi) is 3.50. The predicted molar refractivity (Wildman–Crippen MR) is 78.6 cm³/mol. The predicted octanol–water partition coefficient (Wildman–Crippen LogP) is 4.14. The summed E-state index contributed by atoms with van der Waals surface area (Å²) in [6, 6.07) is 10.8. The molecule has 0 N–H and O–H groups in total. The minimum atomic E-state index is -0.0205. The molecule has 1 aromatic carbocycles. The zero-order chi connectivity index (χ0) is 14.1. The van der Waals surface area contributed by atoms with Crippen LogP contribution in [0.15, 0.2) is 36.4 Å². The van der Waals surface area contributed by atoms with E-state index in [9.17, 15) is 3.89 Å². The van der Waals surface area contributed by atoms with Crippen molar-refractivity contribution in [2.75, 3.05) is 7.11 Å². The van der Waals surface area contributed by atoms with Gasteiger partial charge in [0.05, 0.1) is 7.11 Å². The lowest BCUT2D eigenvalue weighted by atomic mass is 10.1. The molecular weight excluding hydrogens is 301 g/mol. The number of hydrogen-bond acceptors (Lipinski definition) is 4. The molecule has 7 heteroatoms. The highest BCUT2D eigenvalue weighted by Gasteiger charge is 2.17. The summed E-state index contributed by atoms with van der Waals surface area (Å²) in [5.41, 5.74) is 1.76. The fourth-order valence-corrected chi connectivity index (χ4v) is 2.50. The zero-order valence-electron chi connectivity index (χ0n) is 10.4. The molecule has 0 aliphatic heterocycles. The number of benzene rings is 1. The molecule has 0 saturated heterocycles. The topological polar surface area (TPSA) is 39.9 Å². The van der Waals surface area contributed by atoms with Crippen molar-refractivity contribution in [1.82, 2.24) is 14.2 Å². The van der Waals surface area contributed by atoms with Crippen molar-refractivity contribution < 1.29 is 8.62 Å². The fraction of sp³-hybridized carbons (Fsp3) is 0.0769. The number of pyridine rings is 1. The van der Waals surface area contributed by atoms with Crippen LogP contribution >= 0.6 is 23.9 Å². The van der Waals surface area contributed by atoms with E-state index in [1.54, 1.807) is 19.2 Å². The molecule has 0 amide bonds. The van der Waals surface area contributed by atoms with E-state index in [2.05, 4.69) is 10.1 Å². The minimum Gasteiger partial charge on any atom is -0.496 e. The van der Waals surface area contributed by atoms with Crippen LogP contribution in [0.1, 0.15) is 0 Å². The van der Waals surface area contributed by atoms with E-state index in [4.69, 9.17) is 16.3 Å². The Bertz CT molecular complexity index is 777. The Labute approximate surface area is 123 Å². The van der Waals surface area contributed by atoms with Crippen molar-refractivity contribution in [3.8, 4) is 17.0 Å². The van der Waals surface area contributed by atoms with Gasteiger partial charge in [-0.1, -0.05) is 23.7 Å². The highest BCUT2D eigenvalue weighted by atomic mass is 35.5. The van der Waals surface area contributed by atoms with E-state index < -0.39 is 0 Å². The van der Waals surface area contributed by atoms with Crippen molar-refractivity contribution in [3.63, 3.8) is 0 Å². The fourth-order valence-electron chi connectivity index (χ4n) is 2.04. The molecule has 0 atom stereocenters. The SMILES string of the molecule is COc1ccccc1-c1nn(SF)c2nc(Cl)ccc12. The van der Waals surface area contributed by atoms with Crippen LogP contribution in [0, 0.1) is 0 Å². The monoisotopic (exact) mass is 309 g/mol. The van der Waals surface area contributed by atoms with E-state index >= 15 is 0 Å². The normalized spacial score (nSPS) is 10.9. The van der Waals surface area contributed by atoms with Crippen LogP contribution in [0.5, 0.6) is 5.75 Å². The van der Waals surface area contributed by atoms with Crippen molar-refractivity contribution in [3.05, 3.63) is 41.6 Å². The molecule has 0 spiro atoms. The Balaban J connectivity index is 2.31. The van der Waals surface area contributed by atoms with E-state index in [0.29, 0.717) is 27.6 Å². The number of rotatable bonds is 3. The number of aromatic nitrogens is 3. The number of nitrogens with zero attached hydrogens (tertiary/aromatic N) is 3. The van der Waals surface area contributed by atoms with Gasteiger partial charge in [-0.2, -0.15) is 9.19 Å². The van der Waals surface area contributed by atoms with Crippen molar-refractivity contribution in [2.24, 2.45) is 0 Å². The van der Waals surface area contributed by atoms with Gasteiger partial charge in [-0.3, -0.25) is 0 Å². The van der Waals surface area contributed by atoms with Gasteiger partial charge >= 0.3 is 0 Å². The van der Waals surface area contributed by atoms with Crippen LogP contribution in [0.3, 0.4) is 0 Å². The number of halogens is 2. The smallest absolute Gasteiger partial charge is 0.189 e. The third-order valence-corrected chi connectivity index (χ3v) is 3.49. The van der Waals surface area contributed by atoms with Crippen LogP contribution < -0.4 is 4.74 Å². The van der Waals surface area contributed by atoms with E-state index in [1.807, 2.05) is 24.3 Å². The standard InChI is InChI=1S/C13H9ClFN3OS/c1-19-10-5-3-2-4-8(10)12-9-6-7-11(14)16-13(9)18(17-12)20-15/h2-7H,1H3. The molecule has 3 rings (SSSR count). The summed E-state index contributed by atoms with van der Waals surface area (Å²) in [6.07, 6.45) is 0. The molecule has 4 nitrogen and oxygen atoms in total. The maximum absolute atomic E-state index is 13.0. The van der Waals surface area contributed by atoms with Gasteiger partial charge in [0.1, 0.15) is 16.6 Å². The molecule has 0 aliphatic carbocycles. The molecule has 20 heavy (non-hydrogen) atoms. The highest BCUT2D eigenvalue weighted by molar-refractivity contribution is 7.92. The van der Waals surface area contributed by atoms with Gasteiger partial charge in [0.25, 0.3) is 0 Å². The van der Waals surface area contributed by atoms with Crippen LogP contribution in [-0.2, 0) is 0 Å². The van der Waals surface area contributed by atoms with E-state index in [-0.39, 0.29) is 12.3 Å². The van der Waals surface area contributed by atoms with E-state index in [1.165, 1.54) is 0 Å². The lowest BCUT2D eigenvalue weighted by Gasteiger charge is -2.05.